The lowest BCUT2D eigenvalue weighted by atomic mass is 10.00. The molecule has 2 aromatic carbocycles. The smallest absolute Gasteiger partial charge is 0.414 e. The molecule has 1 saturated heterocycles. The fourth-order valence-electron chi connectivity index (χ4n) is 4.53. The zero-order valence-electron chi connectivity index (χ0n) is 20.4. The summed E-state index contributed by atoms with van der Waals surface area (Å²) in [4.78, 5) is 42.8. The normalized spacial score (nSPS) is 19.5. The van der Waals surface area contributed by atoms with E-state index in [2.05, 4.69) is 0 Å². The first-order valence-corrected chi connectivity index (χ1v) is 11.8. The molecule has 0 aromatic heterocycles. The summed E-state index contributed by atoms with van der Waals surface area (Å²) >= 11 is 0. The van der Waals surface area contributed by atoms with Crippen LogP contribution in [0, 0.1) is 0 Å². The Morgan fingerprint density at radius 1 is 0.971 bits per heavy atom. The quantitative estimate of drug-likeness (QED) is 0.714. The Hall–Kier alpha value is -3.59. The van der Waals surface area contributed by atoms with E-state index in [4.69, 9.17) is 9.47 Å². The summed E-state index contributed by atoms with van der Waals surface area (Å²) in [6.45, 7) is 6.57. The van der Waals surface area contributed by atoms with Crippen molar-refractivity contribution in [2.45, 2.75) is 45.4 Å². The van der Waals surface area contributed by atoms with Crippen molar-refractivity contribution in [3.8, 4) is 11.1 Å². The number of fused-ring (bicyclic) bond motifs is 1. The van der Waals surface area contributed by atoms with E-state index in [-0.39, 0.29) is 24.6 Å². The number of aliphatic hydroxyl groups is 1. The van der Waals surface area contributed by atoms with Gasteiger partial charge in [-0.15, -0.1) is 0 Å². The SMILES string of the molecule is COC(=O)N1c2ccc(-c3ccc(C(=O)N4CCC(O)C4)cc3)cc2N(C(=O)OC(C)C)CC1C. The van der Waals surface area contributed by atoms with Crippen LogP contribution >= 0.6 is 0 Å². The Kier molecular flexibility index (Phi) is 6.98. The van der Waals surface area contributed by atoms with E-state index < -0.39 is 18.3 Å². The molecule has 0 aliphatic carbocycles. The zero-order valence-corrected chi connectivity index (χ0v) is 20.4. The minimum Gasteiger partial charge on any atom is -0.452 e. The molecule has 4 rings (SSSR count). The second kappa shape index (κ2) is 9.95. The van der Waals surface area contributed by atoms with E-state index >= 15 is 0 Å². The third-order valence-electron chi connectivity index (χ3n) is 6.26. The molecule has 9 heteroatoms. The second-order valence-electron chi connectivity index (χ2n) is 9.21. The van der Waals surface area contributed by atoms with Crippen LogP contribution in [0.2, 0.25) is 0 Å². The van der Waals surface area contributed by atoms with Gasteiger partial charge in [0, 0.05) is 18.7 Å². The van der Waals surface area contributed by atoms with Crippen molar-refractivity contribution < 1.29 is 29.0 Å². The van der Waals surface area contributed by atoms with E-state index in [0.717, 1.165) is 11.1 Å². The molecule has 2 heterocycles. The van der Waals surface area contributed by atoms with Gasteiger partial charge in [0.15, 0.2) is 0 Å². The van der Waals surface area contributed by atoms with Crippen LogP contribution in [0.25, 0.3) is 11.1 Å². The maximum Gasteiger partial charge on any atom is 0.414 e. The molecule has 2 unspecified atom stereocenters. The molecule has 186 valence electrons. The molecule has 0 bridgehead atoms. The van der Waals surface area contributed by atoms with Crippen LogP contribution in [0.15, 0.2) is 42.5 Å². The van der Waals surface area contributed by atoms with Crippen molar-refractivity contribution in [3.63, 3.8) is 0 Å². The molecule has 1 fully saturated rings. The minimum absolute atomic E-state index is 0.108. The van der Waals surface area contributed by atoms with Crippen LogP contribution in [-0.2, 0) is 9.47 Å². The average molecular weight is 482 g/mol. The van der Waals surface area contributed by atoms with Crippen LogP contribution in [-0.4, -0.2) is 73.1 Å². The lowest BCUT2D eigenvalue weighted by molar-refractivity contribution is 0.0765. The molecule has 9 nitrogen and oxygen atoms in total. The molecule has 1 N–H and O–H groups in total. The molecular formula is C26H31N3O6. The van der Waals surface area contributed by atoms with Crippen LogP contribution in [0.3, 0.4) is 0 Å². The molecule has 2 aliphatic heterocycles. The minimum atomic E-state index is -0.502. The molecule has 3 amide bonds. The first kappa shape index (κ1) is 24.5. The van der Waals surface area contributed by atoms with Gasteiger partial charge in [-0.25, -0.2) is 9.59 Å². The van der Waals surface area contributed by atoms with Gasteiger partial charge in [-0.2, -0.15) is 0 Å². The summed E-state index contributed by atoms with van der Waals surface area (Å²) in [6, 6.07) is 12.4. The Balaban J connectivity index is 1.67. The number of hydrogen-bond donors (Lipinski definition) is 1. The van der Waals surface area contributed by atoms with Gasteiger partial charge in [0.05, 0.1) is 43.3 Å². The number of likely N-dealkylation sites (tertiary alicyclic amines) is 1. The molecular weight excluding hydrogens is 450 g/mol. The van der Waals surface area contributed by atoms with Crippen molar-refractivity contribution in [1.29, 1.82) is 0 Å². The molecule has 0 saturated carbocycles. The lowest BCUT2D eigenvalue weighted by Crippen LogP contribution is -2.52. The number of ether oxygens (including phenoxy) is 2. The highest BCUT2D eigenvalue weighted by Gasteiger charge is 2.36. The summed E-state index contributed by atoms with van der Waals surface area (Å²) in [5.41, 5.74) is 3.32. The van der Waals surface area contributed by atoms with E-state index in [1.807, 2.05) is 31.2 Å². The second-order valence-corrected chi connectivity index (χ2v) is 9.21. The number of methoxy groups -OCH3 is 1. The number of nitrogens with zero attached hydrogens (tertiary/aromatic N) is 3. The van der Waals surface area contributed by atoms with Crippen LogP contribution in [0.1, 0.15) is 37.6 Å². The van der Waals surface area contributed by atoms with Gasteiger partial charge in [-0.05, 0) is 62.6 Å². The standard InChI is InChI=1S/C26H31N3O6/c1-16(2)35-25(32)28-14-17(3)29(26(33)34-4)22-10-9-20(13-23(22)28)18-5-7-19(8-6-18)24(31)27-12-11-21(30)15-27/h5-10,13,16-17,21,30H,11-12,14-15H2,1-4H3. The van der Waals surface area contributed by atoms with Gasteiger partial charge in [0.25, 0.3) is 5.91 Å². The topological polar surface area (TPSA) is 99.6 Å². The number of benzene rings is 2. The Labute approximate surface area is 204 Å². The van der Waals surface area contributed by atoms with Crippen LogP contribution in [0.5, 0.6) is 0 Å². The Morgan fingerprint density at radius 2 is 1.66 bits per heavy atom. The molecule has 0 radical (unpaired) electrons. The highest BCUT2D eigenvalue weighted by atomic mass is 16.6. The largest absolute Gasteiger partial charge is 0.452 e. The number of amides is 3. The number of aliphatic hydroxyl groups excluding tert-OH is 1. The number of anilines is 2. The summed E-state index contributed by atoms with van der Waals surface area (Å²) in [7, 11) is 1.33. The first-order chi connectivity index (χ1) is 16.7. The van der Waals surface area contributed by atoms with Gasteiger partial charge in [0.2, 0.25) is 0 Å². The predicted octanol–water partition coefficient (Wildman–Crippen LogP) is 3.89. The maximum absolute atomic E-state index is 12.9. The molecule has 0 spiro atoms. The number of β-amino-alcohol motifs (C(OH)–C–C–N with tert-alkyl or cyclic N) is 1. The van der Waals surface area contributed by atoms with Crippen molar-refractivity contribution in [3.05, 3.63) is 48.0 Å². The van der Waals surface area contributed by atoms with Gasteiger partial charge < -0.3 is 19.5 Å². The highest BCUT2D eigenvalue weighted by molar-refractivity contribution is 6.02. The maximum atomic E-state index is 12.9. The van der Waals surface area contributed by atoms with Crippen molar-refractivity contribution in [1.82, 2.24) is 4.90 Å². The number of carbonyl (C=O) groups excluding carboxylic acids is 3. The first-order valence-electron chi connectivity index (χ1n) is 11.8. The highest BCUT2D eigenvalue weighted by Crippen LogP contribution is 2.39. The fourth-order valence-corrected chi connectivity index (χ4v) is 4.53. The number of rotatable bonds is 3. The molecule has 2 aromatic rings. The number of carbonyl (C=O) groups is 3. The van der Waals surface area contributed by atoms with E-state index in [9.17, 15) is 19.5 Å². The van der Waals surface area contributed by atoms with Crippen molar-refractivity contribution in [2.24, 2.45) is 0 Å². The average Bonchev–Trinajstić information content (AvgIpc) is 3.28. The lowest BCUT2D eigenvalue weighted by Gasteiger charge is -2.40. The van der Waals surface area contributed by atoms with Crippen LogP contribution in [0.4, 0.5) is 21.0 Å². The van der Waals surface area contributed by atoms with Gasteiger partial charge in [-0.1, -0.05) is 18.2 Å². The summed E-state index contributed by atoms with van der Waals surface area (Å²) in [6.07, 6.45) is -1.14. The summed E-state index contributed by atoms with van der Waals surface area (Å²) in [5, 5.41) is 9.72. The van der Waals surface area contributed by atoms with Gasteiger partial charge >= 0.3 is 12.2 Å². The van der Waals surface area contributed by atoms with Gasteiger partial charge in [-0.3, -0.25) is 14.6 Å². The number of hydrogen-bond acceptors (Lipinski definition) is 6. The monoisotopic (exact) mass is 481 g/mol. The van der Waals surface area contributed by atoms with Crippen LogP contribution < -0.4 is 9.80 Å². The molecule has 35 heavy (non-hydrogen) atoms. The predicted molar refractivity (Wildman–Crippen MR) is 132 cm³/mol. The fraction of sp³-hybridized carbons (Fsp3) is 0.423. The summed E-state index contributed by atoms with van der Waals surface area (Å²) < 4.78 is 10.4. The van der Waals surface area contributed by atoms with E-state index in [0.29, 0.717) is 36.4 Å². The van der Waals surface area contributed by atoms with Gasteiger partial charge in [0.1, 0.15) is 0 Å². The third-order valence-corrected chi connectivity index (χ3v) is 6.26. The van der Waals surface area contributed by atoms with E-state index in [1.165, 1.54) is 12.0 Å². The zero-order chi connectivity index (χ0) is 25.3. The Morgan fingerprint density at radius 3 is 2.26 bits per heavy atom. The molecule has 2 aliphatic rings. The van der Waals surface area contributed by atoms with Crippen molar-refractivity contribution >= 4 is 29.5 Å². The molecule has 2 atom stereocenters. The van der Waals surface area contributed by atoms with Crippen molar-refractivity contribution in [2.75, 3.05) is 36.5 Å². The third kappa shape index (κ3) is 4.95. The summed E-state index contributed by atoms with van der Waals surface area (Å²) in [5.74, 6) is -0.108. The van der Waals surface area contributed by atoms with E-state index in [1.54, 1.807) is 41.8 Å². The Bertz CT molecular complexity index is 1120.